The molecule has 5 aliphatic rings. The second kappa shape index (κ2) is 12.2. The summed E-state index contributed by atoms with van der Waals surface area (Å²) in [5.74, 6) is 0.888. The van der Waals surface area contributed by atoms with E-state index in [1.54, 1.807) is 7.05 Å². The number of nitrogens with zero attached hydrogens (tertiary/aromatic N) is 5. The number of amides is 2. The Labute approximate surface area is 300 Å². The van der Waals surface area contributed by atoms with Crippen LogP contribution in [0.5, 0.6) is 0 Å². The van der Waals surface area contributed by atoms with Gasteiger partial charge in [-0.05, 0) is 119 Å². The van der Waals surface area contributed by atoms with E-state index in [4.69, 9.17) is 9.97 Å². The molecule has 2 aromatic heterocycles. The van der Waals surface area contributed by atoms with Gasteiger partial charge in [-0.2, -0.15) is 0 Å². The van der Waals surface area contributed by atoms with Gasteiger partial charge >= 0.3 is 0 Å². The lowest BCUT2D eigenvalue weighted by Crippen LogP contribution is -2.59. The van der Waals surface area contributed by atoms with Gasteiger partial charge in [-0.25, -0.2) is 9.97 Å². The molecule has 0 bridgehead atoms. The number of pyridine rings is 1. The van der Waals surface area contributed by atoms with E-state index < -0.39 is 5.41 Å². The lowest BCUT2D eigenvalue weighted by molar-refractivity contribution is -0.125. The molecule has 2 aromatic carbocycles. The molecule has 3 aliphatic heterocycles. The van der Waals surface area contributed by atoms with Crippen LogP contribution in [0.4, 0.5) is 17.2 Å². The molecular formula is C41H50N8O2. The van der Waals surface area contributed by atoms with Crippen molar-refractivity contribution < 1.29 is 9.59 Å². The third-order valence-electron chi connectivity index (χ3n) is 12.5. The highest BCUT2D eigenvalue weighted by molar-refractivity contribution is 6.09. The lowest BCUT2D eigenvalue weighted by atomic mass is 9.73. The Balaban J connectivity index is 1.09. The van der Waals surface area contributed by atoms with Gasteiger partial charge in [0.2, 0.25) is 5.91 Å². The number of hydrogen-bond acceptors (Lipinski definition) is 7. The van der Waals surface area contributed by atoms with Crippen LogP contribution in [0.25, 0.3) is 22.3 Å². The molecule has 2 saturated carbocycles. The average Bonchev–Trinajstić information content (AvgIpc) is 3.82. The first-order valence-electron chi connectivity index (χ1n) is 19.0. The summed E-state index contributed by atoms with van der Waals surface area (Å²) >= 11 is 0. The number of aromatic nitrogens is 3. The van der Waals surface area contributed by atoms with Gasteiger partial charge in [-0.3, -0.25) is 14.5 Å². The van der Waals surface area contributed by atoms with Crippen LogP contribution >= 0.6 is 0 Å². The highest BCUT2D eigenvalue weighted by Crippen LogP contribution is 2.52. The average molecular weight is 687 g/mol. The monoisotopic (exact) mass is 686 g/mol. The van der Waals surface area contributed by atoms with E-state index in [9.17, 15) is 9.59 Å². The van der Waals surface area contributed by atoms with Gasteiger partial charge in [-0.1, -0.05) is 32.0 Å². The van der Waals surface area contributed by atoms with Crippen molar-refractivity contribution in [1.82, 2.24) is 30.1 Å². The van der Waals surface area contributed by atoms with E-state index in [0.717, 1.165) is 97.4 Å². The summed E-state index contributed by atoms with van der Waals surface area (Å²) in [5, 5.41) is 9.84. The first-order valence-corrected chi connectivity index (χ1v) is 19.0. The first-order chi connectivity index (χ1) is 24.6. The summed E-state index contributed by atoms with van der Waals surface area (Å²) in [6, 6.07) is 15.7. The maximum Gasteiger partial charge on any atom is 0.251 e. The first kappa shape index (κ1) is 32.6. The van der Waals surface area contributed by atoms with Gasteiger partial charge in [0.15, 0.2) is 5.82 Å². The number of benzene rings is 2. The van der Waals surface area contributed by atoms with Crippen LogP contribution < -0.4 is 20.9 Å². The number of piperidine rings is 2. The van der Waals surface area contributed by atoms with Crippen LogP contribution in [0.1, 0.15) is 92.7 Å². The van der Waals surface area contributed by atoms with E-state index in [1.165, 1.54) is 24.9 Å². The van der Waals surface area contributed by atoms with Crippen LogP contribution in [-0.4, -0.2) is 76.6 Å². The van der Waals surface area contributed by atoms with Crippen molar-refractivity contribution in [3.05, 3.63) is 65.5 Å². The minimum Gasteiger partial charge on any atom is -0.355 e. The minimum atomic E-state index is -0.460. The topological polar surface area (TPSA) is 107 Å². The van der Waals surface area contributed by atoms with E-state index in [1.807, 2.05) is 31.5 Å². The summed E-state index contributed by atoms with van der Waals surface area (Å²) in [5.41, 5.74) is 8.12. The van der Waals surface area contributed by atoms with Gasteiger partial charge in [0.25, 0.3) is 5.91 Å². The fourth-order valence-corrected chi connectivity index (χ4v) is 9.44. The molecule has 10 heteroatoms. The van der Waals surface area contributed by atoms with Crippen molar-refractivity contribution in [2.75, 3.05) is 43.4 Å². The molecule has 266 valence electrons. The van der Waals surface area contributed by atoms with Crippen LogP contribution in [0.3, 0.4) is 0 Å². The Morgan fingerprint density at radius 1 is 0.980 bits per heavy atom. The van der Waals surface area contributed by atoms with Crippen molar-refractivity contribution in [1.29, 1.82) is 0 Å². The Hall–Kier alpha value is -4.28. The number of hydrogen-bond donors (Lipinski definition) is 3. The number of carbonyl (C=O) groups excluding carboxylic acids is 2. The fraction of sp³-hybridized carbons (Fsp3) is 0.512. The predicted molar refractivity (Wildman–Crippen MR) is 202 cm³/mol. The Morgan fingerprint density at radius 2 is 1.78 bits per heavy atom. The summed E-state index contributed by atoms with van der Waals surface area (Å²) < 4.78 is 2.24. The highest BCUT2D eigenvalue weighted by Gasteiger charge is 2.55. The molecule has 4 fully saturated rings. The maximum absolute atomic E-state index is 14.7. The third kappa shape index (κ3) is 5.53. The van der Waals surface area contributed by atoms with Gasteiger partial charge in [0.1, 0.15) is 5.52 Å². The molecule has 5 heterocycles. The summed E-state index contributed by atoms with van der Waals surface area (Å²) in [6.07, 6.45) is 10.5. The molecule has 4 aromatic rings. The molecule has 0 radical (unpaired) electrons. The molecule has 1 spiro atoms. The molecule has 10 nitrogen and oxygen atoms in total. The zero-order chi connectivity index (χ0) is 35.1. The van der Waals surface area contributed by atoms with Crippen LogP contribution in [0.2, 0.25) is 0 Å². The SMILES string of the molecule is CNC(=O)c1cc(Nc2nc(-c3ccc4c(c3)N([C@H]3C[C@@H](N5CCCC(C)(C)C5)C3)C(=O)C43CCNCC3)cc3ncn(C4CC4)c23)ccc1C. The van der Waals surface area contributed by atoms with E-state index in [0.29, 0.717) is 34.8 Å². The Morgan fingerprint density at radius 3 is 2.53 bits per heavy atom. The van der Waals surface area contributed by atoms with E-state index in [2.05, 4.69) is 68.4 Å². The number of imidazole rings is 1. The number of carbonyl (C=O) groups is 2. The fourth-order valence-electron chi connectivity index (χ4n) is 9.44. The zero-order valence-electron chi connectivity index (χ0n) is 30.4. The second-order valence-electron chi connectivity index (χ2n) is 16.6. The second-order valence-corrected chi connectivity index (χ2v) is 16.6. The van der Waals surface area contributed by atoms with Gasteiger partial charge in [0, 0.05) is 54.2 Å². The number of aryl methyl sites for hydroxylation is 1. The van der Waals surface area contributed by atoms with Gasteiger partial charge < -0.3 is 25.4 Å². The number of rotatable bonds is 7. The predicted octanol–water partition coefficient (Wildman–Crippen LogP) is 6.47. The summed E-state index contributed by atoms with van der Waals surface area (Å²) in [6.45, 7) is 10.8. The standard InChI is InChI=1S/C41H50N8O2/c1-25-6-8-27(19-31(25)38(50)42-4)45-37-36-34(44-24-48(36)28-9-10-28)22-33(46-37)26-7-11-32-35(18-26)49(39(51)41(32)13-15-43-16-14-41)30-20-29(21-30)47-17-5-12-40(2,3)23-47/h6-8,11,18-19,22,24,28-30,43H,5,9-10,12-17,20-21,23H2,1-4H3,(H,42,50)(H,45,46)/t29-,30+. The smallest absolute Gasteiger partial charge is 0.251 e. The van der Waals surface area contributed by atoms with Gasteiger partial charge in [-0.15, -0.1) is 0 Å². The highest BCUT2D eigenvalue weighted by atomic mass is 16.2. The van der Waals surface area contributed by atoms with Gasteiger partial charge in [0.05, 0.1) is 23.0 Å². The van der Waals surface area contributed by atoms with E-state index >= 15 is 0 Å². The van der Waals surface area contributed by atoms with Crippen LogP contribution in [0, 0.1) is 12.3 Å². The quantitative estimate of drug-likeness (QED) is 0.205. The molecule has 2 aliphatic carbocycles. The molecule has 9 rings (SSSR count). The normalized spacial score (nSPS) is 24.1. The van der Waals surface area contributed by atoms with Crippen LogP contribution in [-0.2, 0) is 10.2 Å². The van der Waals surface area contributed by atoms with Crippen molar-refractivity contribution in [2.24, 2.45) is 5.41 Å². The van der Waals surface area contributed by atoms with Crippen molar-refractivity contribution in [3.63, 3.8) is 0 Å². The molecule has 2 amide bonds. The number of likely N-dealkylation sites (tertiary alicyclic amines) is 1. The Kier molecular flexibility index (Phi) is 7.78. The number of fused-ring (bicyclic) bond motifs is 3. The maximum atomic E-state index is 14.7. The van der Waals surface area contributed by atoms with Crippen molar-refractivity contribution in [2.45, 2.75) is 95.7 Å². The molecular weight excluding hydrogens is 637 g/mol. The number of anilines is 3. The Bertz CT molecular complexity index is 2030. The van der Waals surface area contributed by atoms with Crippen molar-refractivity contribution >= 4 is 40.0 Å². The zero-order valence-corrected chi connectivity index (χ0v) is 30.4. The van der Waals surface area contributed by atoms with Crippen molar-refractivity contribution in [3.8, 4) is 11.3 Å². The largest absolute Gasteiger partial charge is 0.355 e. The number of nitrogens with one attached hydrogen (secondary N) is 3. The van der Waals surface area contributed by atoms with E-state index in [-0.39, 0.29) is 11.9 Å². The minimum absolute atomic E-state index is 0.118. The lowest BCUT2D eigenvalue weighted by Gasteiger charge is -2.50. The van der Waals surface area contributed by atoms with Crippen LogP contribution in [0.15, 0.2) is 48.8 Å². The molecule has 3 N–H and O–H groups in total. The third-order valence-corrected chi connectivity index (χ3v) is 12.5. The molecule has 2 saturated heterocycles. The summed E-state index contributed by atoms with van der Waals surface area (Å²) in [7, 11) is 1.65. The molecule has 0 unspecified atom stereocenters. The summed E-state index contributed by atoms with van der Waals surface area (Å²) in [4.78, 5) is 42.3. The molecule has 51 heavy (non-hydrogen) atoms. The molecule has 0 atom stereocenters.